The average molecular weight is 496 g/mol. The minimum absolute atomic E-state index is 0.0272. The van der Waals surface area contributed by atoms with Crippen LogP contribution < -0.4 is 10.6 Å². The summed E-state index contributed by atoms with van der Waals surface area (Å²) in [5.74, 6) is -0.0272. The lowest BCUT2D eigenvalue weighted by Gasteiger charge is -2.27. The summed E-state index contributed by atoms with van der Waals surface area (Å²) in [6, 6.07) is 26.0. The molecule has 0 unspecified atom stereocenters. The van der Waals surface area contributed by atoms with Crippen molar-refractivity contribution >= 4 is 28.9 Å². The standard InChI is InChI=1S/C29H29N5OS/c1-2-21-10-6-7-13-24(21)31-26(35)16-19-34-28(27(32-29(34)36)25-14-8-9-17-30-25)22-15-18-33(20-22)23-11-4-3-5-12-23/h3-15,17-18,20,27-28H,2,16,19H2,1H3,(H,31,35)(H,32,36)/t27-,28-/m0/s1. The van der Waals surface area contributed by atoms with Gasteiger partial charge in [-0.25, -0.2) is 0 Å². The number of thiocarbonyl (C=S) groups is 1. The van der Waals surface area contributed by atoms with Crippen LogP contribution in [0.3, 0.4) is 0 Å². The van der Waals surface area contributed by atoms with Crippen LogP contribution in [0.5, 0.6) is 0 Å². The van der Waals surface area contributed by atoms with E-state index in [1.165, 1.54) is 0 Å². The highest BCUT2D eigenvalue weighted by Crippen LogP contribution is 2.39. The molecule has 0 spiro atoms. The molecule has 7 heteroatoms. The summed E-state index contributed by atoms with van der Waals surface area (Å²) >= 11 is 5.76. The Balaban J connectivity index is 1.39. The number of carbonyl (C=O) groups excluding carboxylic acids is 1. The molecule has 2 aromatic carbocycles. The first-order chi connectivity index (χ1) is 17.6. The molecule has 0 saturated carbocycles. The molecule has 1 aliphatic rings. The van der Waals surface area contributed by atoms with Crippen LogP contribution in [0.4, 0.5) is 5.69 Å². The molecule has 4 aromatic rings. The molecule has 1 fully saturated rings. The molecule has 0 aliphatic carbocycles. The van der Waals surface area contributed by atoms with Crippen LogP contribution in [-0.2, 0) is 11.2 Å². The lowest BCUT2D eigenvalue weighted by Crippen LogP contribution is -2.32. The number of hydrogen-bond acceptors (Lipinski definition) is 3. The molecule has 36 heavy (non-hydrogen) atoms. The largest absolute Gasteiger partial charge is 0.352 e. The van der Waals surface area contributed by atoms with Gasteiger partial charge in [-0.2, -0.15) is 0 Å². The minimum atomic E-state index is -0.116. The highest BCUT2D eigenvalue weighted by Gasteiger charge is 2.40. The molecule has 2 N–H and O–H groups in total. The van der Waals surface area contributed by atoms with Crippen LogP contribution in [0.25, 0.3) is 5.69 Å². The summed E-state index contributed by atoms with van der Waals surface area (Å²) in [5, 5.41) is 7.17. The van der Waals surface area contributed by atoms with Crippen molar-refractivity contribution in [2.45, 2.75) is 31.8 Å². The van der Waals surface area contributed by atoms with Crippen molar-refractivity contribution < 1.29 is 4.79 Å². The van der Waals surface area contributed by atoms with Crippen LogP contribution in [0, 0.1) is 0 Å². The number of pyridine rings is 1. The van der Waals surface area contributed by atoms with Crippen molar-refractivity contribution in [1.82, 2.24) is 19.8 Å². The quantitative estimate of drug-likeness (QED) is 0.319. The molecule has 0 bridgehead atoms. The number of nitrogens with zero attached hydrogens (tertiary/aromatic N) is 3. The summed E-state index contributed by atoms with van der Waals surface area (Å²) in [7, 11) is 0. The van der Waals surface area contributed by atoms with Gasteiger partial charge in [-0.05, 0) is 66.2 Å². The normalized spacial score (nSPS) is 17.1. The topological polar surface area (TPSA) is 62.2 Å². The Morgan fingerprint density at radius 1 is 1.03 bits per heavy atom. The monoisotopic (exact) mass is 495 g/mol. The molecular formula is C29H29N5OS. The van der Waals surface area contributed by atoms with Gasteiger partial charge in [-0.3, -0.25) is 9.78 Å². The third kappa shape index (κ3) is 5.02. The van der Waals surface area contributed by atoms with E-state index in [4.69, 9.17) is 12.2 Å². The Morgan fingerprint density at radius 2 is 1.81 bits per heavy atom. The maximum atomic E-state index is 12.9. The summed E-state index contributed by atoms with van der Waals surface area (Å²) < 4.78 is 2.11. The van der Waals surface area contributed by atoms with Crippen LogP contribution >= 0.6 is 12.2 Å². The second kappa shape index (κ2) is 10.7. The fourth-order valence-electron chi connectivity index (χ4n) is 4.74. The van der Waals surface area contributed by atoms with Crippen LogP contribution in [0.2, 0.25) is 0 Å². The van der Waals surface area contributed by atoms with E-state index in [0.717, 1.165) is 34.6 Å². The van der Waals surface area contributed by atoms with Crippen molar-refractivity contribution in [2.24, 2.45) is 0 Å². The maximum absolute atomic E-state index is 12.9. The highest BCUT2D eigenvalue weighted by molar-refractivity contribution is 7.80. The van der Waals surface area contributed by atoms with Gasteiger partial charge in [0.25, 0.3) is 0 Å². The van der Waals surface area contributed by atoms with Gasteiger partial charge in [0.15, 0.2) is 5.11 Å². The lowest BCUT2D eigenvalue weighted by atomic mass is 9.99. The minimum Gasteiger partial charge on any atom is -0.352 e. The van der Waals surface area contributed by atoms with Crippen molar-refractivity contribution in [3.05, 3.63) is 114 Å². The van der Waals surface area contributed by atoms with Gasteiger partial charge in [-0.15, -0.1) is 0 Å². The molecule has 1 aliphatic heterocycles. The fourth-order valence-corrected chi connectivity index (χ4v) is 5.08. The Morgan fingerprint density at radius 3 is 2.58 bits per heavy atom. The van der Waals surface area contributed by atoms with Crippen LogP contribution in [0.1, 0.15) is 42.2 Å². The lowest BCUT2D eigenvalue weighted by molar-refractivity contribution is -0.116. The summed E-state index contributed by atoms with van der Waals surface area (Å²) in [6.45, 7) is 2.58. The summed E-state index contributed by atoms with van der Waals surface area (Å²) in [4.78, 5) is 19.6. The maximum Gasteiger partial charge on any atom is 0.226 e. The van der Waals surface area contributed by atoms with Gasteiger partial charge in [0.2, 0.25) is 5.91 Å². The van der Waals surface area contributed by atoms with Gasteiger partial charge in [-0.1, -0.05) is 49.4 Å². The van der Waals surface area contributed by atoms with Gasteiger partial charge in [0.1, 0.15) is 0 Å². The number of aryl methyl sites for hydroxylation is 1. The van der Waals surface area contributed by atoms with Gasteiger partial charge < -0.3 is 20.1 Å². The van der Waals surface area contributed by atoms with E-state index in [-0.39, 0.29) is 18.0 Å². The van der Waals surface area contributed by atoms with Gasteiger partial charge in [0.05, 0.1) is 17.8 Å². The van der Waals surface area contributed by atoms with E-state index < -0.39 is 0 Å². The Hall–Kier alpha value is -3.97. The first-order valence-corrected chi connectivity index (χ1v) is 12.6. The SMILES string of the molecule is CCc1ccccc1NC(=O)CCN1C(=S)N[C@@H](c2ccccn2)[C@@H]1c1ccn(-c2ccccc2)c1. The number of benzene rings is 2. The van der Waals surface area contributed by atoms with E-state index in [2.05, 4.69) is 62.6 Å². The Bertz CT molecular complexity index is 1340. The molecule has 5 rings (SSSR count). The van der Waals surface area contributed by atoms with Crippen molar-refractivity contribution in [2.75, 3.05) is 11.9 Å². The van der Waals surface area contributed by atoms with Crippen LogP contribution in [-0.4, -0.2) is 32.0 Å². The molecule has 6 nitrogen and oxygen atoms in total. The van der Waals surface area contributed by atoms with Gasteiger partial charge in [0, 0.05) is 42.9 Å². The third-order valence-electron chi connectivity index (χ3n) is 6.56. The zero-order chi connectivity index (χ0) is 24.9. The van der Waals surface area contributed by atoms with Crippen molar-refractivity contribution in [3.63, 3.8) is 0 Å². The molecule has 0 radical (unpaired) electrons. The molecular weight excluding hydrogens is 466 g/mol. The highest BCUT2D eigenvalue weighted by atomic mass is 32.1. The summed E-state index contributed by atoms with van der Waals surface area (Å²) in [6.07, 6.45) is 7.19. The second-order valence-corrected chi connectivity index (χ2v) is 9.20. The zero-order valence-electron chi connectivity index (χ0n) is 20.2. The third-order valence-corrected chi connectivity index (χ3v) is 6.91. The molecule has 1 saturated heterocycles. The van der Waals surface area contributed by atoms with Gasteiger partial charge >= 0.3 is 0 Å². The Kier molecular flexibility index (Phi) is 7.09. The first-order valence-electron chi connectivity index (χ1n) is 12.2. The number of aromatic nitrogens is 2. The number of carbonyl (C=O) groups is 1. The van der Waals surface area contributed by atoms with E-state index >= 15 is 0 Å². The van der Waals surface area contributed by atoms with E-state index in [1.807, 2.05) is 60.7 Å². The molecule has 3 heterocycles. The Labute approximate surface area is 217 Å². The fraction of sp³-hybridized carbons (Fsp3) is 0.207. The number of para-hydroxylation sites is 2. The molecule has 182 valence electrons. The predicted octanol–water partition coefficient (Wildman–Crippen LogP) is 5.44. The predicted molar refractivity (Wildman–Crippen MR) is 147 cm³/mol. The number of hydrogen-bond donors (Lipinski definition) is 2. The van der Waals surface area contributed by atoms with Crippen molar-refractivity contribution in [1.29, 1.82) is 0 Å². The van der Waals surface area contributed by atoms with E-state index in [9.17, 15) is 4.79 Å². The number of anilines is 1. The second-order valence-electron chi connectivity index (χ2n) is 8.82. The van der Waals surface area contributed by atoms with E-state index in [1.54, 1.807) is 6.20 Å². The summed E-state index contributed by atoms with van der Waals surface area (Å²) in [5.41, 5.74) is 5.11. The average Bonchev–Trinajstić information content (AvgIpc) is 3.53. The zero-order valence-corrected chi connectivity index (χ0v) is 21.0. The number of amides is 1. The molecule has 2 atom stereocenters. The molecule has 2 aromatic heterocycles. The number of rotatable bonds is 8. The van der Waals surface area contributed by atoms with Crippen molar-refractivity contribution in [3.8, 4) is 5.69 Å². The number of nitrogens with one attached hydrogen (secondary N) is 2. The molecule has 1 amide bonds. The smallest absolute Gasteiger partial charge is 0.226 e. The van der Waals surface area contributed by atoms with Crippen LogP contribution in [0.15, 0.2) is 97.5 Å². The first kappa shape index (κ1) is 23.8. The van der Waals surface area contributed by atoms with E-state index in [0.29, 0.717) is 18.1 Å².